The molecule has 3 aromatic heterocycles. The van der Waals surface area contributed by atoms with Crippen LogP contribution in [0.25, 0.3) is 28.0 Å². The fourth-order valence-corrected chi connectivity index (χ4v) is 3.65. The summed E-state index contributed by atoms with van der Waals surface area (Å²) in [7, 11) is 1.92. The second-order valence-electron chi connectivity index (χ2n) is 7.42. The summed E-state index contributed by atoms with van der Waals surface area (Å²) in [5.74, 6) is 1.21. The van der Waals surface area contributed by atoms with Crippen LogP contribution in [-0.4, -0.2) is 24.3 Å². The SMILES string of the molecule is Cc1cccc(-n2cc(-c3ccc4c(cnn4C)c3)nc2CNc2ccccc2F)n1. The Kier molecular flexibility index (Phi) is 4.71. The predicted octanol–water partition coefficient (Wildman–Crippen LogP) is 4.88. The zero-order chi connectivity index (χ0) is 21.4. The van der Waals surface area contributed by atoms with Crippen LogP contribution in [0.1, 0.15) is 11.5 Å². The largest absolute Gasteiger partial charge is 0.375 e. The molecule has 0 aliphatic rings. The van der Waals surface area contributed by atoms with Gasteiger partial charge in [-0.15, -0.1) is 0 Å². The van der Waals surface area contributed by atoms with E-state index in [-0.39, 0.29) is 5.82 Å². The molecule has 0 radical (unpaired) electrons. The first-order valence-corrected chi connectivity index (χ1v) is 10.0. The molecule has 0 spiro atoms. The van der Waals surface area contributed by atoms with Gasteiger partial charge >= 0.3 is 0 Å². The van der Waals surface area contributed by atoms with Crippen LogP contribution in [0.2, 0.25) is 0 Å². The normalized spacial score (nSPS) is 11.2. The number of nitrogens with one attached hydrogen (secondary N) is 1. The maximum Gasteiger partial charge on any atom is 0.146 e. The number of pyridine rings is 1. The van der Waals surface area contributed by atoms with Crippen molar-refractivity contribution in [2.45, 2.75) is 13.5 Å². The molecule has 0 fully saturated rings. The Morgan fingerprint density at radius 1 is 1.00 bits per heavy atom. The quantitative estimate of drug-likeness (QED) is 0.447. The maximum atomic E-state index is 14.1. The molecule has 0 unspecified atom stereocenters. The smallest absolute Gasteiger partial charge is 0.146 e. The molecule has 3 heterocycles. The summed E-state index contributed by atoms with van der Waals surface area (Å²) >= 11 is 0. The first kappa shape index (κ1) is 19.0. The highest BCUT2D eigenvalue weighted by atomic mass is 19.1. The minimum Gasteiger partial charge on any atom is -0.375 e. The summed E-state index contributed by atoms with van der Waals surface area (Å²) in [6, 6.07) is 18.6. The lowest BCUT2D eigenvalue weighted by Crippen LogP contribution is -2.09. The van der Waals surface area contributed by atoms with Crippen LogP contribution < -0.4 is 5.32 Å². The average molecular weight is 412 g/mol. The van der Waals surface area contributed by atoms with Gasteiger partial charge < -0.3 is 5.32 Å². The lowest BCUT2D eigenvalue weighted by Gasteiger charge is -2.10. The van der Waals surface area contributed by atoms with Gasteiger partial charge in [0.25, 0.3) is 0 Å². The van der Waals surface area contributed by atoms with Crippen molar-refractivity contribution in [2.75, 3.05) is 5.32 Å². The van der Waals surface area contributed by atoms with Crippen LogP contribution >= 0.6 is 0 Å². The summed E-state index contributed by atoms with van der Waals surface area (Å²) < 4.78 is 17.9. The molecule has 0 bridgehead atoms. The third kappa shape index (κ3) is 3.66. The van der Waals surface area contributed by atoms with Crippen molar-refractivity contribution in [3.63, 3.8) is 0 Å². The molecule has 1 N–H and O–H groups in total. The molecule has 154 valence electrons. The third-order valence-corrected chi connectivity index (χ3v) is 5.25. The van der Waals surface area contributed by atoms with Crippen LogP contribution in [0.5, 0.6) is 0 Å². The topological polar surface area (TPSA) is 60.6 Å². The number of para-hydroxylation sites is 1. The summed E-state index contributed by atoms with van der Waals surface area (Å²) in [5, 5.41) is 8.52. The van der Waals surface area contributed by atoms with Crippen molar-refractivity contribution in [1.29, 1.82) is 0 Å². The summed E-state index contributed by atoms with van der Waals surface area (Å²) in [6.07, 6.45) is 3.82. The number of halogens is 1. The Labute approximate surface area is 179 Å². The highest BCUT2D eigenvalue weighted by molar-refractivity contribution is 5.83. The van der Waals surface area contributed by atoms with Gasteiger partial charge in [0.2, 0.25) is 0 Å². The van der Waals surface area contributed by atoms with Crippen molar-refractivity contribution in [2.24, 2.45) is 7.05 Å². The maximum absolute atomic E-state index is 14.1. The molecule has 6 nitrogen and oxygen atoms in total. The molecule has 5 aromatic rings. The molecule has 0 atom stereocenters. The summed E-state index contributed by atoms with van der Waals surface area (Å²) in [6.45, 7) is 2.31. The Morgan fingerprint density at radius 3 is 2.71 bits per heavy atom. The Hall–Kier alpha value is -4.00. The second-order valence-corrected chi connectivity index (χ2v) is 7.42. The molecule has 5 rings (SSSR count). The van der Waals surface area contributed by atoms with E-state index in [4.69, 9.17) is 4.98 Å². The van der Waals surface area contributed by atoms with Gasteiger partial charge in [-0.25, -0.2) is 14.4 Å². The third-order valence-electron chi connectivity index (χ3n) is 5.25. The highest BCUT2D eigenvalue weighted by Gasteiger charge is 2.14. The molecule has 0 amide bonds. The standard InChI is InChI=1S/C24H21FN6/c1-16-6-5-9-23(28-16)31-15-21(17-10-11-22-18(12-17)13-27-30(22)2)29-24(31)14-26-20-8-4-3-7-19(20)25/h3-13,15,26H,14H2,1-2H3. The van der Waals surface area contributed by atoms with Crippen LogP contribution in [0.4, 0.5) is 10.1 Å². The summed E-state index contributed by atoms with van der Waals surface area (Å²) in [5.41, 5.74) is 4.22. The van der Waals surface area contributed by atoms with E-state index in [0.29, 0.717) is 12.2 Å². The molecular weight excluding hydrogens is 391 g/mol. The van der Waals surface area contributed by atoms with E-state index in [9.17, 15) is 4.39 Å². The zero-order valence-corrected chi connectivity index (χ0v) is 17.2. The number of anilines is 1. The molecule has 2 aromatic carbocycles. The van der Waals surface area contributed by atoms with Gasteiger partial charge in [-0.2, -0.15) is 5.10 Å². The number of imidazole rings is 1. The van der Waals surface area contributed by atoms with E-state index in [1.807, 2.05) is 65.9 Å². The van der Waals surface area contributed by atoms with Crippen LogP contribution in [-0.2, 0) is 13.6 Å². The van der Waals surface area contributed by atoms with Crippen molar-refractivity contribution < 1.29 is 4.39 Å². The van der Waals surface area contributed by atoms with Gasteiger partial charge in [-0.1, -0.05) is 24.3 Å². The monoisotopic (exact) mass is 412 g/mol. The van der Waals surface area contributed by atoms with Crippen LogP contribution in [0, 0.1) is 12.7 Å². The molecule has 0 saturated carbocycles. The van der Waals surface area contributed by atoms with Gasteiger partial charge in [0, 0.05) is 29.9 Å². The molecular formula is C24H21FN6. The molecule has 7 heteroatoms. The number of hydrogen-bond acceptors (Lipinski definition) is 4. The average Bonchev–Trinajstić information content (AvgIpc) is 3.37. The number of hydrogen-bond donors (Lipinski definition) is 1. The Bertz CT molecular complexity index is 1380. The first-order valence-electron chi connectivity index (χ1n) is 10.0. The first-order chi connectivity index (χ1) is 15.1. The van der Waals surface area contributed by atoms with E-state index in [1.165, 1.54) is 6.07 Å². The highest BCUT2D eigenvalue weighted by Crippen LogP contribution is 2.26. The lowest BCUT2D eigenvalue weighted by atomic mass is 10.1. The molecule has 0 saturated heterocycles. The van der Waals surface area contributed by atoms with E-state index in [0.717, 1.165) is 39.5 Å². The van der Waals surface area contributed by atoms with Crippen molar-refractivity contribution >= 4 is 16.6 Å². The van der Waals surface area contributed by atoms with Gasteiger partial charge in [0.1, 0.15) is 17.5 Å². The van der Waals surface area contributed by atoms with E-state index in [1.54, 1.807) is 18.2 Å². The van der Waals surface area contributed by atoms with E-state index < -0.39 is 0 Å². The lowest BCUT2D eigenvalue weighted by molar-refractivity contribution is 0.629. The Balaban J connectivity index is 1.56. The summed E-state index contributed by atoms with van der Waals surface area (Å²) in [4.78, 5) is 9.50. The number of fused-ring (bicyclic) bond motifs is 1. The van der Waals surface area contributed by atoms with Crippen LogP contribution in [0.3, 0.4) is 0 Å². The number of aryl methyl sites for hydroxylation is 2. The van der Waals surface area contributed by atoms with Crippen molar-refractivity contribution in [1.82, 2.24) is 24.3 Å². The van der Waals surface area contributed by atoms with Gasteiger partial charge in [-0.3, -0.25) is 9.25 Å². The minimum atomic E-state index is -0.295. The second kappa shape index (κ2) is 7.68. The van der Waals surface area contributed by atoms with Crippen molar-refractivity contribution in [3.8, 4) is 17.1 Å². The zero-order valence-electron chi connectivity index (χ0n) is 17.2. The van der Waals surface area contributed by atoms with Gasteiger partial charge in [-0.05, 0) is 43.3 Å². The number of benzene rings is 2. The van der Waals surface area contributed by atoms with Crippen molar-refractivity contribution in [3.05, 3.63) is 90.4 Å². The van der Waals surface area contributed by atoms with Crippen LogP contribution in [0.15, 0.2) is 73.1 Å². The Morgan fingerprint density at radius 2 is 1.87 bits per heavy atom. The van der Waals surface area contributed by atoms with E-state index >= 15 is 0 Å². The molecule has 31 heavy (non-hydrogen) atoms. The number of nitrogens with zero attached hydrogens (tertiary/aromatic N) is 5. The minimum absolute atomic E-state index is 0.295. The molecule has 0 aliphatic carbocycles. The van der Waals surface area contributed by atoms with Gasteiger partial charge in [0.05, 0.1) is 29.6 Å². The van der Waals surface area contributed by atoms with E-state index in [2.05, 4.69) is 21.5 Å². The number of aromatic nitrogens is 5. The predicted molar refractivity (Wildman–Crippen MR) is 120 cm³/mol. The fraction of sp³-hybridized carbons (Fsp3) is 0.125. The number of rotatable bonds is 5. The van der Waals surface area contributed by atoms with Gasteiger partial charge in [0.15, 0.2) is 0 Å². The molecule has 0 aliphatic heterocycles. The fourth-order valence-electron chi connectivity index (χ4n) is 3.65.